The lowest BCUT2D eigenvalue weighted by Gasteiger charge is -2.31. The van der Waals surface area contributed by atoms with Gasteiger partial charge in [0.15, 0.2) is 5.96 Å². The monoisotopic (exact) mass is 358 g/mol. The lowest BCUT2D eigenvalue weighted by Crippen LogP contribution is -2.36. The van der Waals surface area contributed by atoms with Crippen LogP contribution in [0.5, 0.6) is 5.75 Å². The molecule has 6 heteroatoms. The predicted octanol–water partition coefficient (Wildman–Crippen LogP) is 3.40. The summed E-state index contributed by atoms with van der Waals surface area (Å²) in [5, 5.41) is 5.28. The Bertz CT molecular complexity index is 686. The third-order valence-corrected chi connectivity index (χ3v) is 5.31. The van der Waals surface area contributed by atoms with Crippen LogP contribution in [0.2, 0.25) is 0 Å². The zero-order valence-corrected chi connectivity index (χ0v) is 15.5. The zero-order valence-electron chi connectivity index (χ0n) is 14.6. The van der Waals surface area contributed by atoms with Gasteiger partial charge in [0.2, 0.25) is 0 Å². The highest BCUT2D eigenvalue weighted by Crippen LogP contribution is 2.23. The van der Waals surface area contributed by atoms with Crippen molar-refractivity contribution in [2.75, 3.05) is 32.1 Å². The molecule has 0 aliphatic carbocycles. The van der Waals surface area contributed by atoms with Gasteiger partial charge in [-0.25, -0.2) is 0 Å². The van der Waals surface area contributed by atoms with Crippen molar-refractivity contribution in [1.29, 1.82) is 0 Å². The van der Waals surface area contributed by atoms with Crippen molar-refractivity contribution in [1.82, 2.24) is 4.90 Å². The van der Waals surface area contributed by atoms with Crippen LogP contribution in [0.25, 0.3) is 0 Å². The number of piperidine rings is 1. The summed E-state index contributed by atoms with van der Waals surface area (Å²) in [5.74, 6) is 1.77. The van der Waals surface area contributed by atoms with Gasteiger partial charge in [-0.15, -0.1) is 11.3 Å². The summed E-state index contributed by atoms with van der Waals surface area (Å²) in [6, 6.07) is 12.0. The van der Waals surface area contributed by atoms with Crippen molar-refractivity contribution in [3.8, 4) is 5.75 Å². The average Bonchev–Trinajstić information content (AvgIpc) is 3.14. The second-order valence-electron chi connectivity index (χ2n) is 6.37. The summed E-state index contributed by atoms with van der Waals surface area (Å²) in [4.78, 5) is 8.51. The number of rotatable bonds is 6. The Morgan fingerprint density at radius 1 is 1.36 bits per heavy atom. The van der Waals surface area contributed by atoms with E-state index in [0.29, 0.717) is 11.9 Å². The zero-order chi connectivity index (χ0) is 17.5. The normalized spacial score (nSPS) is 18.9. The van der Waals surface area contributed by atoms with Crippen LogP contribution in [-0.4, -0.2) is 37.6 Å². The number of methoxy groups -OCH3 is 1. The van der Waals surface area contributed by atoms with Crippen LogP contribution in [0.1, 0.15) is 17.7 Å². The number of anilines is 1. The van der Waals surface area contributed by atoms with Gasteiger partial charge in [-0.1, -0.05) is 18.2 Å². The number of hydrogen-bond donors (Lipinski definition) is 2. The summed E-state index contributed by atoms with van der Waals surface area (Å²) in [5.41, 5.74) is 6.90. The molecule has 5 nitrogen and oxygen atoms in total. The molecule has 3 rings (SSSR count). The number of ether oxygens (including phenoxy) is 1. The van der Waals surface area contributed by atoms with E-state index in [1.54, 1.807) is 7.11 Å². The highest BCUT2D eigenvalue weighted by Gasteiger charge is 2.20. The molecule has 0 radical (unpaired) electrons. The molecule has 1 aromatic heterocycles. The number of nitrogens with zero attached hydrogens (tertiary/aromatic N) is 2. The van der Waals surface area contributed by atoms with Crippen LogP contribution in [0.15, 0.2) is 46.8 Å². The van der Waals surface area contributed by atoms with E-state index in [2.05, 4.69) is 32.7 Å². The van der Waals surface area contributed by atoms with Crippen LogP contribution < -0.4 is 15.8 Å². The molecule has 1 saturated heterocycles. The molecule has 1 atom stereocenters. The maximum atomic E-state index is 6.06. The van der Waals surface area contributed by atoms with Gasteiger partial charge in [-0.05, 0) is 48.9 Å². The fraction of sp³-hybridized carbons (Fsp3) is 0.421. The standard InChI is InChI=1S/C19H26N4OS/c1-24-18-9-3-2-8-17(18)22-19(20)21-12-15-6-4-10-23(13-15)14-16-7-5-11-25-16/h2-3,5,7-9,11,15H,4,6,10,12-14H2,1H3,(H3,20,21,22). The topological polar surface area (TPSA) is 62.9 Å². The number of thiophene rings is 1. The lowest BCUT2D eigenvalue weighted by atomic mass is 9.98. The minimum atomic E-state index is 0.444. The molecule has 0 amide bonds. The van der Waals surface area contributed by atoms with Crippen LogP contribution in [0.3, 0.4) is 0 Å². The van der Waals surface area contributed by atoms with Gasteiger partial charge < -0.3 is 15.8 Å². The second-order valence-corrected chi connectivity index (χ2v) is 7.41. The first-order valence-electron chi connectivity index (χ1n) is 8.69. The van der Waals surface area contributed by atoms with Gasteiger partial charge in [0.25, 0.3) is 0 Å². The van der Waals surface area contributed by atoms with E-state index in [1.807, 2.05) is 35.6 Å². The molecule has 1 aliphatic heterocycles. The minimum Gasteiger partial charge on any atom is -0.495 e. The average molecular weight is 359 g/mol. The molecule has 1 fully saturated rings. The molecular weight excluding hydrogens is 332 g/mol. The number of guanidine groups is 1. The Kier molecular flexibility index (Phi) is 6.30. The number of hydrogen-bond acceptors (Lipinski definition) is 4. The van der Waals surface area contributed by atoms with Gasteiger partial charge in [0, 0.05) is 24.5 Å². The Hall–Kier alpha value is -2.05. The molecule has 25 heavy (non-hydrogen) atoms. The van der Waals surface area contributed by atoms with E-state index >= 15 is 0 Å². The maximum absolute atomic E-state index is 6.06. The Morgan fingerprint density at radius 3 is 3.04 bits per heavy atom. The summed E-state index contributed by atoms with van der Waals surface area (Å²) < 4.78 is 5.33. The number of likely N-dealkylation sites (tertiary alicyclic amines) is 1. The van der Waals surface area contributed by atoms with Gasteiger partial charge in [-0.3, -0.25) is 9.89 Å². The molecule has 1 aliphatic rings. The number of aliphatic imine (C=N–C) groups is 1. The molecule has 0 spiro atoms. The summed E-state index contributed by atoms with van der Waals surface area (Å²) in [6.07, 6.45) is 2.44. The van der Waals surface area contributed by atoms with Crippen molar-refractivity contribution in [2.45, 2.75) is 19.4 Å². The number of benzene rings is 1. The van der Waals surface area contributed by atoms with Crippen molar-refractivity contribution in [3.63, 3.8) is 0 Å². The molecule has 0 saturated carbocycles. The van der Waals surface area contributed by atoms with E-state index in [4.69, 9.17) is 10.5 Å². The van der Waals surface area contributed by atoms with Crippen LogP contribution in [0, 0.1) is 5.92 Å². The lowest BCUT2D eigenvalue weighted by molar-refractivity contribution is 0.172. The summed E-state index contributed by atoms with van der Waals surface area (Å²) >= 11 is 1.83. The highest BCUT2D eigenvalue weighted by atomic mass is 32.1. The maximum Gasteiger partial charge on any atom is 0.193 e. The first-order chi connectivity index (χ1) is 12.2. The van der Waals surface area contributed by atoms with Gasteiger partial charge in [-0.2, -0.15) is 0 Å². The largest absolute Gasteiger partial charge is 0.495 e. The Morgan fingerprint density at radius 2 is 2.24 bits per heavy atom. The molecule has 2 aromatic rings. The quantitative estimate of drug-likeness (QED) is 0.614. The highest BCUT2D eigenvalue weighted by molar-refractivity contribution is 7.09. The van der Waals surface area contributed by atoms with E-state index in [1.165, 1.54) is 24.3 Å². The second kappa shape index (κ2) is 8.87. The minimum absolute atomic E-state index is 0.444. The van der Waals surface area contributed by atoms with E-state index < -0.39 is 0 Å². The molecule has 2 heterocycles. The smallest absolute Gasteiger partial charge is 0.193 e. The number of para-hydroxylation sites is 2. The van der Waals surface area contributed by atoms with E-state index in [9.17, 15) is 0 Å². The first-order valence-corrected chi connectivity index (χ1v) is 9.57. The molecule has 134 valence electrons. The molecule has 3 N–H and O–H groups in total. The van der Waals surface area contributed by atoms with Crippen molar-refractivity contribution in [2.24, 2.45) is 16.6 Å². The van der Waals surface area contributed by atoms with Gasteiger partial charge >= 0.3 is 0 Å². The van der Waals surface area contributed by atoms with Crippen molar-refractivity contribution >= 4 is 23.0 Å². The van der Waals surface area contributed by atoms with Crippen LogP contribution in [-0.2, 0) is 6.54 Å². The fourth-order valence-electron chi connectivity index (χ4n) is 3.22. The Balaban J connectivity index is 1.51. The van der Waals surface area contributed by atoms with E-state index in [-0.39, 0.29) is 0 Å². The number of nitrogens with one attached hydrogen (secondary N) is 1. The molecule has 1 aromatic carbocycles. The third kappa shape index (κ3) is 5.21. The SMILES string of the molecule is COc1ccccc1NC(N)=NCC1CCCN(Cc2cccs2)C1. The van der Waals surface area contributed by atoms with Gasteiger partial charge in [0.1, 0.15) is 5.75 Å². The summed E-state index contributed by atoms with van der Waals surface area (Å²) in [7, 11) is 1.65. The Labute approximate surface area is 153 Å². The van der Waals surface area contributed by atoms with E-state index in [0.717, 1.165) is 31.1 Å². The molecular formula is C19H26N4OS. The van der Waals surface area contributed by atoms with Crippen molar-refractivity contribution < 1.29 is 4.74 Å². The molecule has 1 unspecified atom stereocenters. The van der Waals surface area contributed by atoms with Crippen LogP contribution in [0.4, 0.5) is 5.69 Å². The fourth-order valence-corrected chi connectivity index (χ4v) is 3.97. The first kappa shape index (κ1) is 17.8. The predicted molar refractivity (Wildman–Crippen MR) is 105 cm³/mol. The third-order valence-electron chi connectivity index (χ3n) is 4.45. The summed E-state index contributed by atoms with van der Waals surface area (Å²) in [6.45, 7) is 4.07. The number of nitrogens with two attached hydrogens (primary N) is 1. The van der Waals surface area contributed by atoms with Crippen LogP contribution >= 0.6 is 11.3 Å². The van der Waals surface area contributed by atoms with Crippen molar-refractivity contribution in [3.05, 3.63) is 46.7 Å². The van der Waals surface area contributed by atoms with Gasteiger partial charge in [0.05, 0.1) is 12.8 Å². The molecule has 0 bridgehead atoms.